The molecule has 1 aromatic carbocycles. The standard InChI is InChI=1S/C10H14ClN3O3/c11-8-2-1-3-9(14(16)17)10(8)13-5-4-12-6-7-15/h1-3,12-13,15H,4-7H2. The summed E-state index contributed by atoms with van der Waals surface area (Å²) in [5.41, 5.74) is 0.282. The van der Waals surface area contributed by atoms with Crippen LogP contribution in [0.25, 0.3) is 0 Å². The van der Waals surface area contributed by atoms with Crippen LogP contribution < -0.4 is 10.6 Å². The first kappa shape index (κ1) is 13.7. The molecule has 0 unspecified atom stereocenters. The number of nitro groups is 1. The molecule has 17 heavy (non-hydrogen) atoms. The Morgan fingerprint density at radius 2 is 2.12 bits per heavy atom. The van der Waals surface area contributed by atoms with Crippen LogP contribution in [-0.4, -0.2) is 36.3 Å². The van der Waals surface area contributed by atoms with Gasteiger partial charge < -0.3 is 15.7 Å². The number of nitrogens with one attached hydrogen (secondary N) is 2. The predicted octanol–water partition coefficient (Wildman–Crippen LogP) is 1.24. The van der Waals surface area contributed by atoms with Crippen molar-refractivity contribution in [2.24, 2.45) is 0 Å². The summed E-state index contributed by atoms with van der Waals surface area (Å²) in [6.45, 7) is 1.63. The van der Waals surface area contributed by atoms with Gasteiger partial charge in [-0.2, -0.15) is 0 Å². The summed E-state index contributed by atoms with van der Waals surface area (Å²) < 4.78 is 0. The Balaban J connectivity index is 2.60. The van der Waals surface area contributed by atoms with Crippen LogP contribution in [0.15, 0.2) is 18.2 Å². The van der Waals surface area contributed by atoms with Gasteiger partial charge >= 0.3 is 0 Å². The number of anilines is 1. The maximum Gasteiger partial charge on any atom is 0.293 e. The van der Waals surface area contributed by atoms with Crippen LogP contribution in [-0.2, 0) is 0 Å². The molecule has 94 valence electrons. The molecule has 0 fully saturated rings. The van der Waals surface area contributed by atoms with Gasteiger partial charge in [-0.1, -0.05) is 17.7 Å². The second-order valence-corrected chi connectivity index (χ2v) is 3.70. The zero-order valence-corrected chi connectivity index (χ0v) is 9.91. The number of hydrogen-bond donors (Lipinski definition) is 3. The highest BCUT2D eigenvalue weighted by Crippen LogP contribution is 2.31. The van der Waals surface area contributed by atoms with Crippen LogP contribution in [0.2, 0.25) is 5.02 Å². The number of para-hydroxylation sites is 1. The minimum atomic E-state index is -0.477. The number of aliphatic hydroxyl groups is 1. The molecule has 0 heterocycles. The summed E-state index contributed by atoms with van der Waals surface area (Å²) in [5, 5.41) is 25.5. The number of rotatable bonds is 7. The number of nitrogens with zero attached hydrogens (tertiary/aromatic N) is 1. The summed E-state index contributed by atoms with van der Waals surface area (Å²) in [6.07, 6.45) is 0. The van der Waals surface area contributed by atoms with Gasteiger partial charge in [0.1, 0.15) is 5.69 Å². The lowest BCUT2D eigenvalue weighted by atomic mass is 10.2. The zero-order valence-electron chi connectivity index (χ0n) is 9.15. The van der Waals surface area contributed by atoms with Crippen LogP contribution in [0.3, 0.4) is 0 Å². The lowest BCUT2D eigenvalue weighted by molar-refractivity contribution is -0.383. The van der Waals surface area contributed by atoms with E-state index in [1.54, 1.807) is 6.07 Å². The van der Waals surface area contributed by atoms with Crippen molar-refractivity contribution in [3.8, 4) is 0 Å². The monoisotopic (exact) mass is 259 g/mol. The van der Waals surface area contributed by atoms with Crippen molar-refractivity contribution < 1.29 is 10.0 Å². The number of aliphatic hydroxyl groups excluding tert-OH is 1. The van der Waals surface area contributed by atoms with Crippen molar-refractivity contribution >= 4 is 23.0 Å². The third-order valence-electron chi connectivity index (χ3n) is 2.08. The number of hydrogen-bond acceptors (Lipinski definition) is 5. The van der Waals surface area contributed by atoms with Crippen LogP contribution >= 0.6 is 11.6 Å². The Morgan fingerprint density at radius 3 is 2.76 bits per heavy atom. The molecule has 0 spiro atoms. The molecule has 7 heteroatoms. The van der Waals surface area contributed by atoms with Crippen molar-refractivity contribution in [1.29, 1.82) is 0 Å². The highest BCUT2D eigenvalue weighted by Gasteiger charge is 2.15. The van der Waals surface area contributed by atoms with E-state index in [2.05, 4.69) is 10.6 Å². The van der Waals surface area contributed by atoms with Gasteiger partial charge in [-0.05, 0) is 6.07 Å². The third-order valence-corrected chi connectivity index (χ3v) is 2.40. The fourth-order valence-electron chi connectivity index (χ4n) is 1.32. The largest absolute Gasteiger partial charge is 0.395 e. The van der Waals surface area contributed by atoms with Crippen molar-refractivity contribution in [3.05, 3.63) is 33.3 Å². The van der Waals surface area contributed by atoms with Gasteiger partial charge in [0.25, 0.3) is 5.69 Å². The number of nitro benzene ring substituents is 1. The molecule has 6 nitrogen and oxygen atoms in total. The van der Waals surface area contributed by atoms with Gasteiger partial charge in [0.05, 0.1) is 16.6 Å². The molecule has 0 atom stereocenters. The summed E-state index contributed by atoms with van der Waals surface area (Å²) in [6, 6.07) is 4.53. The molecule has 3 N–H and O–H groups in total. The maximum absolute atomic E-state index is 10.8. The Bertz CT molecular complexity index is 387. The van der Waals surface area contributed by atoms with E-state index in [9.17, 15) is 10.1 Å². The van der Waals surface area contributed by atoms with E-state index >= 15 is 0 Å². The first-order chi connectivity index (χ1) is 8.16. The summed E-state index contributed by atoms with van der Waals surface area (Å²) >= 11 is 5.89. The Kier molecular flexibility index (Phi) is 5.68. The molecule has 1 aromatic rings. The van der Waals surface area contributed by atoms with E-state index in [0.29, 0.717) is 30.3 Å². The van der Waals surface area contributed by atoms with Crippen LogP contribution in [0.4, 0.5) is 11.4 Å². The number of benzene rings is 1. The van der Waals surface area contributed by atoms with E-state index in [0.717, 1.165) is 0 Å². The lowest BCUT2D eigenvalue weighted by Crippen LogP contribution is -2.25. The molecule has 0 saturated heterocycles. The fourth-order valence-corrected chi connectivity index (χ4v) is 1.56. The van der Waals surface area contributed by atoms with Gasteiger partial charge in [-0.15, -0.1) is 0 Å². The summed E-state index contributed by atoms with van der Waals surface area (Å²) in [5.74, 6) is 0. The normalized spacial score (nSPS) is 10.2. The van der Waals surface area contributed by atoms with E-state index in [1.807, 2.05) is 0 Å². The molecular formula is C10H14ClN3O3. The average molecular weight is 260 g/mol. The minimum Gasteiger partial charge on any atom is -0.395 e. The van der Waals surface area contributed by atoms with E-state index in [1.165, 1.54) is 12.1 Å². The quantitative estimate of drug-likeness (QED) is 0.390. The van der Waals surface area contributed by atoms with Crippen molar-refractivity contribution in [2.45, 2.75) is 0 Å². The van der Waals surface area contributed by atoms with Gasteiger partial charge in [-0.25, -0.2) is 0 Å². The summed E-state index contributed by atoms with van der Waals surface area (Å²) in [4.78, 5) is 10.3. The lowest BCUT2D eigenvalue weighted by Gasteiger charge is -2.09. The molecule has 0 saturated carbocycles. The van der Waals surface area contributed by atoms with E-state index < -0.39 is 4.92 Å². The maximum atomic E-state index is 10.8. The molecule has 0 aromatic heterocycles. The molecule has 0 bridgehead atoms. The molecule has 0 aliphatic carbocycles. The minimum absolute atomic E-state index is 0.0420. The van der Waals surface area contributed by atoms with Crippen molar-refractivity contribution in [3.63, 3.8) is 0 Å². The second kappa shape index (κ2) is 7.05. The van der Waals surface area contributed by atoms with Gasteiger partial charge in [0.15, 0.2) is 0 Å². The van der Waals surface area contributed by atoms with Crippen LogP contribution in [0.1, 0.15) is 0 Å². The Labute approximate surface area is 104 Å². The Hall–Kier alpha value is -1.37. The second-order valence-electron chi connectivity index (χ2n) is 3.29. The topological polar surface area (TPSA) is 87.4 Å². The van der Waals surface area contributed by atoms with Crippen LogP contribution in [0, 0.1) is 10.1 Å². The van der Waals surface area contributed by atoms with Crippen LogP contribution in [0.5, 0.6) is 0 Å². The molecule has 0 aliphatic heterocycles. The van der Waals surface area contributed by atoms with Crippen molar-refractivity contribution in [2.75, 3.05) is 31.6 Å². The molecule has 1 rings (SSSR count). The highest BCUT2D eigenvalue weighted by atomic mass is 35.5. The highest BCUT2D eigenvalue weighted by molar-refractivity contribution is 6.33. The molecule has 0 aliphatic rings. The fraction of sp³-hybridized carbons (Fsp3) is 0.400. The van der Waals surface area contributed by atoms with E-state index in [4.69, 9.17) is 16.7 Å². The Morgan fingerprint density at radius 1 is 1.35 bits per heavy atom. The molecular weight excluding hydrogens is 246 g/mol. The van der Waals surface area contributed by atoms with E-state index in [-0.39, 0.29) is 12.3 Å². The van der Waals surface area contributed by atoms with Crippen molar-refractivity contribution in [1.82, 2.24) is 5.32 Å². The SMILES string of the molecule is O=[N+]([O-])c1cccc(Cl)c1NCCNCCO. The average Bonchev–Trinajstić information content (AvgIpc) is 2.30. The van der Waals surface area contributed by atoms with Gasteiger partial charge in [0, 0.05) is 25.7 Å². The molecule has 0 radical (unpaired) electrons. The molecule has 0 amide bonds. The zero-order chi connectivity index (χ0) is 12.7. The predicted molar refractivity (Wildman–Crippen MR) is 66.6 cm³/mol. The summed E-state index contributed by atoms with van der Waals surface area (Å²) in [7, 11) is 0. The first-order valence-electron chi connectivity index (χ1n) is 5.15. The third kappa shape index (κ3) is 4.18. The van der Waals surface area contributed by atoms with Gasteiger partial charge in [0.2, 0.25) is 0 Å². The van der Waals surface area contributed by atoms with Gasteiger partial charge in [-0.3, -0.25) is 10.1 Å². The first-order valence-corrected chi connectivity index (χ1v) is 5.53. The smallest absolute Gasteiger partial charge is 0.293 e. The number of halogens is 1.